The number of imidazole rings is 1. The standard InChI is InChI=1S/C15H17FN8/c1-2-22-10-21-12-13(22)19-9-20-14(12)23-3-5-24(6-4-23)15-17-7-11(16)8-18-15/h7-10H,2-6H2,1H3. The van der Waals surface area contributed by atoms with Crippen molar-refractivity contribution in [2.75, 3.05) is 36.0 Å². The summed E-state index contributed by atoms with van der Waals surface area (Å²) in [5.74, 6) is 0.985. The van der Waals surface area contributed by atoms with Crippen LogP contribution in [-0.2, 0) is 6.54 Å². The van der Waals surface area contributed by atoms with Gasteiger partial charge in [-0.15, -0.1) is 0 Å². The van der Waals surface area contributed by atoms with Crippen molar-refractivity contribution in [3.05, 3.63) is 30.9 Å². The van der Waals surface area contributed by atoms with Gasteiger partial charge in [0.1, 0.15) is 6.33 Å². The molecule has 0 amide bonds. The van der Waals surface area contributed by atoms with E-state index in [1.54, 1.807) is 12.7 Å². The van der Waals surface area contributed by atoms with Gasteiger partial charge in [0.2, 0.25) is 5.95 Å². The number of nitrogens with zero attached hydrogens (tertiary/aromatic N) is 8. The van der Waals surface area contributed by atoms with Crippen molar-refractivity contribution in [2.45, 2.75) is 13.5 Å². The van der Waals surface area contributed by atoms with Gasteiger partial charge in [-0.2, -0.15) is 0 Å². The second-order valence-electron chi connectivity index (χ2n) is 5.58. The Hall–Kier alpha value is -2.84. The summed E-state index contributed by atoms with van der Waals surface area (Å²) in [5.41, 5.74) is 1.68. The number of piperazine rings is 1. The van der Waals surface area contributed by atoms with E-state index in [1.165, 1.54) is 12.4 Å². The van der Waals surface area contributed by atoms with Crippen LogP contribution in [0.4, 0.5) is 16.2 Å². The Morgan fingerprint density at radius 1 is 0.958 bits per heavy atom. The molecule has 3 aromatic heterocycles. The lowest BCUT2D eigenvalue weighted by atomic mass is 10.3. The number of anilines is 2. The molecule has 1 aliphatic rings. The highest BCUT2D eigenvalue weighted by Gasteiger charge is 2.22. The summed E-state index contributed by atoms with van der Waals surface area (Å²) in [7, 11) is 0. The summed E-state index contributed by atoms with van der Waals surface area (Å²) in [6.07, 6.45) is 5.77. The lowest BCUT2D eigenvalue weighted by molar-refractivity contribution is 0.602. The van der Waals surface area contributed by atoms with Crippen molar-refractivity contribution in [2.24, 2.45) is 0 Å². The van der Waals surface area contributed by atoms with Crippen LogP contribution < -0.4 is 9.80 Å². The third-order valence-electron chi connectivity index (χ3n) is 4.19. The first-order chi connectivity index (χ1) is 11.8. The van der Waals surface area contributed by atoms with E-state index in [2.05, 4.69) is 36.7 Å². The molecule has 0 N–H and O–H groups in total. The maximum atomic E-state index is 12.9. The Morgan fingerprint density at radius 3 is 2.38 bits per heavy atom. The van der Waals surface area contributed by atoms with E-state index in [0.29, 0.717) is 5.95 Å². The Morgan fingerprint density at radius 2 is 1.67 bits per heavy atom. The number of rotatable bonds is 3. The summed E-state index contributed by atoms with van der Waals surface area (Å²) in [6.45, 7) is 5.90. The highest BCUT2D eigenvalue weighted by molar-refractivity contribution is 5.83. The molecular formula is C15H17FN8. The fraction of sp³-hybridized carbons (Fsp3) is 0.400. The molecule has 0 aromatic carbocycles. The van der Waals surface area contributed by atoms with Gasteiger partial charge >= 0.3 is 0 Å². The number of halogens is 1. The van der Waals surface area contributed by atoms with Gasteiger partial charge in [-0.3, -0.25) is 0 Å². The molecule has 1 saturated heterocycles. The molecule has 24 heavy (non-hydrogen) atoms. The maximum Gasteiger partial charge on any atom is 0.225 e. The van der Waals surface area contributed by atoms with Gasteiger partial charge in [0, 0.05) is 32.7 Å². The smallest absolute Gasteiger partial charge is 0.225 e. The second-order valence-corrected chi connectivity index (χ2v) is 5.58. The van der Waals surface area contributed by atoms with Crippen LogP contribution in [0.2, 0.25) is 0 Å². The van der Waals surface area contributed by atoms with Gasteiger partial charge < -0.3 is 14.4 Å². The first kappa shape index (κ1) is 14.7. The Balaban J connectivity index is 1.54. The van der Waals surface area contributed by atoms with Crippen molar-refractivity contribution in [1.82, 2.24) is 29.5 Å². The molecule has 0 radical (unpaired) electrons. The van der Waals surface area contributed by atoms with Crippen LogP contribution in [-0.4, -0.2) is 55.7 Å². The van der Waals surface area contributed by atoms with E-state index in [0.717, 1.165) is 49.7 Å². The van der Waals surface area contributed by atoms with E-state index >= 15 is 0 Å². The average Bonchev–Trinajstić information content (AvgIpc) is 3.06. The fourth-order valence-corrected chi connectivity index (χ4v) is 2.92. The first-order valence-electron chi connectivity index (χ1n) is 7.89. The summed E-state index contributed by atoms with van der Waals surface area (Å²) >= 11 is 0. The Bertz CT molecular complexity index is 838. The molecule has 0 spiro atoms. The first-order valence-corrected chi connectivity index (χ1v) is 7.89. The molecule has 4 rings (SSSR count). The van der Waals surface area contributed by atoms with Crippen LogP contribution in [0.3, 0.4) is 0 Å². The van der Waals surface area contributed by atoms with Crippen molar-refractivity contribution in [3.8, 4) is 0 Å². The zero-order valence-electron chi connectivity index (χ0n) is 13.3. The molecule has 0 unspecified atom stereocenters. The number of hydrogen-bond acceptors (Lipinski definition) is 7. The topological polar surface area (TPSA) is 75.9 Å². The summed E-state index contributed by atoms with van der Waals surface area (Å²) in [4.78, 5) is 25.6. The Kier molecular flexibility index (Phi) is 3.68. The van der Waals surface area contributed by atoms with E-state index in [4.69, 9.17) is 0 Å². The van der Waals surface area contributed by atoms with Gasteiger partial charge in [0.15, 0.2) is 22.8 Å². The molecule has 124 valence electrons. The monoisotopic (exact) mass is 328 g/mol. The molecule has 0 aliphatic carbocycles. The third-order valence-corrected chi connectivity index (χ3v) is 4.19. The molecule has 1 fully saturated rings. The molecule has 0 bridgehead atoms. The number of fused-ring (bicyclic) bond motifs is 1. The minimum absolute atomic E-state index is 0.424. The zero-order chi connectivity index (χ0) is 16.5. The molecule has 4 heterocycles. The SMILES string of the molecule is CCn1cnc2c(N3CCN(c4ncc(F)cn4)CC3)ncnc21. The van der Waals surface area contributed by atoms with Crippen LogP contribution in [0, 0.1) is 5.82 Å². The highest BCUT2D eigenvalue weighted by atomic mass is 19.1. The minimum Gasteiger partial charge on any atom is -0.351 e. The molecule has 1 aliphatic heterocycles. The zero-order valence-corrected chi connectivity index (χ0v) is 13.3. The van der Waals surface area contributed by atoms with Crippen molar-refractivity contribution in [3.63, 3.8) is 0 Å². The van der Waals surface area contributed by atoms with Crippen molar-refractivity contribution < 1.29 is 4.39 Å². The lowest BCUT2D eigenvalue weighted by Crippen LogP contribution is -2.47. The van der Waals surface area contributed by atoms with Gasteiger partial charge in [0.05, 0.1) is 18.7 Å². The normalized spacial score (nSPS) is 15.2. The van der Waals surface area contributed by atoms with E-state index in [9.17, 15) is 4.39 Å². The van der Waals surface area contributed by atoms with Crippen molar-refractivity contribution in [1.29, 1.82) is 0 Å². The Labute approximate surface area is 138 Å². The largest absolute Gasteiger partial charge is 0.351 e. The van der Waals surface area contributed by atoms with Gasteiger partial charge in [0.25, 0.3) is 0 Å². The third kappa shape index (κ3) is 2.51. The maximum absolute atomic E-state index is 12.9. The molecule has 0 atom stereocenters. The molecule has 9 heteroatoms. The minimum atomic E-state index is -0.424. The molecular weight excluding hydrogens is 311 g/mol. The van der Waals surface area contributed by atoms with Crippen LogP contribution in [0.15, 0.2) is 25.0 Å². The second kappa shape index (κ2) is 5.99. The predicted octanol–water partition coefficient (Wildman–Crippen LogP) is 1.10. The van der Waals surface area contributed by atoms with Crippen molar-refractivity contribution >= 4 is 22.9 Å². The van der Waals surface area contributed by atoms with E-state index < -0.39 is 5.82 Å². The van der Waals surface area contributed by atoms with Crippen LogP contribution in [0.25, 0.3) is 11.2 Å². The number of hydrogen-bond donors (Lipinski definition) is 0. The van der Waals surface area contributed by atoms with Crippen LogP contribution >= 0.6 is 0 Å². The molecule has 3 aromatic rings. The predicted molar refractivity (Wildman–Crippen MR) is 87.4 cm³/mol. The molecule has 8 nitrogen and oxygen atoms in total. The number of aromatic nitrogens is 6. The quantitative estimate of drug-likeness (QED) is 0.712. The van der Waals surface area contributed by atoms with Gasteiger partial charge in [-0.25, -0.2) is 29.3 Å². The lowest BCUT2D eigenvalue weighted by Gasteiger charge is -2.35. The number of aryl methyl sites for hydroxylation is 1. The summed E-state index contributed by atoms with van der Waals surface area (Å²) in [5, 5.41) is 0. The summed E-state index contributed by atoms with van der Waals surface area (Å²) in [6, 6.07) is 0. The van der Waals surface area contributed by atoms with Gasteiger partial charge in [-0.1, -0.05) is 0 Å². The van der Waals surface area contributed by atoms with Crippen LogP contribution in [0.1, 0.15) is 6.92 Å². The van der Waals surface area contributed by atoms with E-state index in [-0.39, 0.29) is 0 Å². The fourth-order valence-electron chi connectivity index (χ4n) is 2.92. The van der Waals surface area contributed by atoms with E-state index in [1.807, 2.05) is 9.47 Å². The average molecular weight is 328 g/mol. The molecule has 0 saturated carbocycles. The summed E-state index contributed by atoms with van der Waals surface area (Å²) < 4.78 is 14.9. The highest BCUT2D eigenvalue weighted by Crippen LogP contribution is 2.23. The van der Waals surface area contributed by atoms with Gasteiger partial charge in [-0.05, 0) is 6.92 Å². The van der Waals surface area contributed by atoms with Crippen LogP contribution in [0.5, 0.6) is 0 Å².